The molecule has 0 aliphatic carbocycles. The van der Waals surface area contributed by atoms with Gasteiger partial charge in [0.15, 0.2) is 5.78 Å². The number of carbonyl (C=O) groups excluding carboxylic acids is 1. The highest BCUT2D eigenvalue weighted by atomic mass is 16.1. The molecule has 0 saturated heterocycles. The number of nitriles is 1. The fourth-order valence-electron chi connectivity index (χ4n) is 1.57. The summed E-state index contributed by atoms with van der Waals surface area (Å²) >= 11 is 0. The number of rotatable bonds is 1. The van der Waals surface area contributed by atoms with Gasteiger partial charge in [0.25, 0.3) is 0 Å². The van der Waals surface area contributed by atoms with E-state index >= 15 is 0 Å². The number of aromatic nitrogens is 1. The summed E-state index contributed by atoms with van der Waals surface area (Å²) in [4.78, 5) is 15.5. The van der Waals surface area contributed by atoms with Crippen molar-refractivity contribution in [3.63, 3.8) is 0 Å². The number of Topliss-reactive ketones (excluding diaryl/α,β-unsaturated/α-hetero) is 1. The van der Waals surface area contributed by atoms with Crippen molar-refractivity contribution in [2.45, 2.75) is 6.92 Å². The Morgan fingerprint density at radius 1 is 1.40 bits per heavy atom. The van der Waals surface area contributed by atoms with Crippen LogP contribution in [0.25, 0.3) is 10.9 Å². The molecule has 3 heteroatoms. The quantitative estimate of drug-likeness (QED) is 0.657. The zero-order valence-corrected chi connectivity index (χ0v) is 8.19. The van der Waals surface area contributed by atoms with E-state index in [0.717, 1.165) is 5.39 Å². The molecule has 1 aromatic heterocycles. The summed E-state index contributed by atoms with van der Waals surface area (Å²) in [6.45, 7) is 1.51. The van der Waals surface area contributed by atoms with Crippen LogP contribution in [0.3, 0.4) is 0 Å². The summed E-state index contributed by atoms with van der Waals surface area (Å²) in [7, 11) is 0. The smallest absolute Gasteiger partial charge is 0.160 e. The van der Waals surface area contributed by atoms with E-state index in [0.29, 0.717) is 16.6 Å². The van der Waals surface area contributed by atoms with Gasteiger partial charge in [-0.2, -0.15) is 5.26 Å². The second-order valence-corrected chi connectivity index (χ2v) is 3.23. The molecule has 1 heterocycles. The summed E-state index contributed by atoms with van der Waals surface area (Å²) < 4.78 is 0. The average molecular weight is 196 g/mol. The Morgan fingerprint density at radius 2 is 2.20 bits per heavy atom. The lowest BCUT2D eigenvalue weighted by Crippen LogP contribution is -1.95. The molecular formula is C12H8N2O. The van der Waals surface area contributed by atoms with Gasteiger partial charge in [-0.15, -0.1) is 0 Å². The predicted molar refractivity (Wildman–Crippen MR) is 56.5 cm³/mol. The molecule has 0 aliphatic rings. The van der Waals surface area contributed by atoms with Crippen molar-refractivity contribution in [1.82, 2.24) is 4.98 Å². The van der Waals surface area contributed by atoms with Gasteiger partial charge in [0.2, 0.25) is 0 Å². The number of pyridine rings is 1. The van der Waals surface area contributed by atoms with Crippen molar-refractivity contribution in [1.29, 1.82) is 5.26 Å². The van der Waals surface area contributed by atoms with Crippen LogP contribution in [0.1, 0.15) is 22.8 Å². The van der Waals surface area contributed by atoms with E-state index in [1.807, 2.05) is 0 Å². The Bertz CT molecular complexity index is 582. The highest BCUT2D eigenvalue weighted by Gasteiger charge is 2.08. The third-order valence-electron chi connectivity index (χ3n) is 2.27. The topological polar surface area (TPSA) is 53.8 Å². The maximum absolute atomic E-state index is 11.3. The summed E-state index contributed by atoms with van der Waals surface area (Å²) in [5, 5.41) is 9.63. The van der Waals surface area contributed by atoms with E-state index in [4.69, 9.17) is 5.26 Å². The first-order valence-corrected chi connectivity index (χ1v) is 4.53. The number of nitrogens with zero attached hydrogens (tertiary/aromatic N) is 2. The molecular weight excluding hydrogens is 188 g/mol. The molecule has 0 saturated carbocycles. The van der Waals surface area contributed by atoms with Gasteiger partial charge >= 0.3 is 0 Å². The van der Waals surface area contributed by atoms with Crippen LogP contribution >= 0.6 is 0 Å². The molecule has 0 fully saturated rings. The van der Waals surface area contributed by atoms with Crippen molar-refractivity contribution in [3.05, 3.63) is 41.6 Å². The van der Waals surface area contributed by atoms with Crippen molar-refractivity contribution >= 4 is 16.7 Å². The number of hydrogen-bond acceptors (Lipinski definition) is 3. The van der Waals surface area contributed by atoms with Gasteiger partial charge in [-0.3, -0.25) is 9.78 Å². The van der Waals surface area contributed by atoms with Crippen LogP contribution in [0.4, 0.5) is 0 Å². The molecule has 0 radical (unpaired) electrons. The second kappa shape index (κ2) is 3.50. The predicted octanol–water partition coefficient (Wildman–Crippen LogP) is 2.31. The zero-order chi connectivity index (χ0) is 10.8. The molecule has 0 aliphatic heterocycles. The van der Waals surface area contributed by atoms with Crippen molar-refractivity contribution in [2.75, 3.05) is 0 Å². The minimum absolute atomic E-state index is 0.0162. The Kier molecular flexibility index (Phi) is 2.18. The molecule has 0 unspecified atom stereocenters. The summed E-state index contributed by atoms with van der Waals surface area (Å²) in [5.74, 6) is -0.0162. The van der Waals surface area contributed by atoms with Crippen molar-refractivity contribution in [3.8, 4) is 6.07 Å². The lowest BCUT2D eigenvalue weighted by Gasteiger charge is -2.03. The maximum Gasteiger partial charge on any atom is 0.160 e. The molecule has 2 aromatic rings. The van der Waals surface area contributed by atoms with Gasteiger partial charge in [0.1, 0.15) is 6.07 Å². The molecule has 0 amide bonds. The Balaban J connectivity index is 2.91. The third kappa shape index (κ3) is 1.46. The summed E-state index contributed by atoms with van der Waals surface area (Å²) in [6, 6.07) is 8.93. The zero-order valence-electron chi connectivity index (χ0n) is 8.19. The van der Waals surface area contributed by atoms with E-state index in [1.54, 1.807) is 30.5 Å². The Hall–Kier alpha value is -2.21. The van der Waals surface area contributed by atoms with Gasteiger partial charge in [-0.05, 0) is 25.1 Å². The van der Waals surface area contributed by atoms with Gasteiger partial charge < -0.3 is 0 Å². The number of carbonyl (C=O) groups is 1. The lowest BCUT2D eigenvalue weighted by molar-refractivity contribution is 0.101. The minimum atomic E-state index is -0.0162. The third-order valence-corrected chi connectivity index (χ3v) is 2.27. The van der Waals surface area contributed by atoms with Crippen LogP contribution in [-0.4, -0.2) is 10.8 Å². The number of hydrogen-bond donors (Lipinski definition) is 0. The fraction of sp³-hybridized carbons (Fsp3) is 0.0833. The monoisotopic (exact) mass is 196 g/mol. The molecule has 1 aromatic carbocycles. The molecule has 0 bridgehead atoms. The van der Waals surface area contributed by atoms with Crippen LogP contribution in [0.2, 0.25) is 0 Å². The normalized spacial score (nSPS) is 9.87. The van der Waals surface area contributed by atoms with Crippen LogP contribution in [0, 0.1) is 11.3 Å². The standard InChI is InChI=1S/C12H8N2O/c1-8(15)10-5-4-9(7-13)12-11(10)3-2-6-14-12/h2-6H,1H3. The van der Waals surface area contributed by atoms with Crippen molar-refractivity contribution in [2.24, 2.45) is 0 Å². The van der Waals surface area contributed by atoms with Crippen LogP contribution in [0.15, 0.2) is 30.5 Å². The largest absolute Gasteiger partial charge is 0.294 e. The van der Waals surface area contributed by atoms with Crippen molar-refractivity contribution < 1.29 is 4.79 Å². The molecule has 15 heavy (non-hydrogen) atoms. The lowest BCUT2D eigenvalue weighted by atomic mass is 10.0. The molecule has 0 N–H and O–H groups in total. The van der Waals surface area contributed by atoms with Gasteiger partial charge in [-0.1, -0.05) is 6.07 Å². The SMILES string of the molecule is CC(=O)c1ccc(C#N)c2ncccc12. The fourth-order valence-corrected chi connectivity index (χ4v) is 1.57. The van der Waals surface area contributed by atoms with Gasteiger partial charge in [0, 0.05) is 17.1 Å². The van der Waals surface area contributed by atoms with E-state index < -0.39 is 0 Å². The van der Waals surface area contributed by atoms with E-state index in [1.165, 1.54) is 6.92 Å². The first-order valence-electron chi connectivity index (χ1n) is 4.53. The van der Waals surface area contributed by atoms with E-state index in [9.17, 15) is 4.79 Å². The number of fused-ring (bicyclic) bond motifs is 1. The molecule has 2 rings (SSSR count). The van der Waals surface area contributed by atoms with E-state index in [-0.39, 0.29) is 5.78 Å². The van der Waals surface area contributed by atoms with Crippen LogP contribution < -0.4 is 0 Å². The Labute approximate surface area is 87.0 Å². The first kappa shape index (κ1) is 9.35. The molecule has 3 nitrogen and oxygen atoms in total. The molecule has 0 spiro atoms. The molecule has 72 valence electrons. The minimum Gasteiger partial charge on any atom is -0.294 e. The highest BCUT2D eigenvalue weighted by Crippen LogP contribution is 2.20. The van der Waals surface area contributed by atoms with E-state index in [2.05, 4.69) is 11.1 Å². The highest BCUT2D eigenvalue weighted by molar-refractivity contribution is 6.07. The van der Waals surface area contributed by atoms with Gasteiger partial charge in [0.05, 0.1) is 11.1 Å². The number of ketones is 1. The first-order chi connectivity index (χ1) is 7.24. The van der Waals surface area contributed by atoms with Crippen LogP contribution in [0.5, 0.6) is 0 Å². The Morgan fingerprint density at radius 3 is 2.87 bits per heavy atom. The summed E-state index contributed by atoms with van der Waals surface area (Å²) in [6.07, 6.45) is 1.62. The van der Waals surface area contributed by atoms with Crippen LogP contribution in [-0.2, 0) is 0 Å². The average Bonchev–Trinajstić information content (AvgIpc) is 2.27. The maximum atomic E-state index is 11.3. The summed E-state index contributed by atoms with van der Waals surface area (Å²) in [5.41, 5.74) is 1.69. The molecule has 0 atom stereocenters. The number of benzene rings is 1. The second-order valence-electron chi connectivity index (χ2n) is 3.23. The van der Waals surface area contributed by atoms with Gasteiger partial charge in [-0.25, -0.2) is 0 Å².